The zero-order chi connectivity index (χ0) is 19.2. The Morgan fingerprint density at radius 3 is 2.70 bits per heavy atom. The number of carbonyl (C=O) groups excluding carboxylic acids is 2. The molecule has 1 N–H and O–H groups in total. The maximum absolute atomic E-state index is 12.1. The van der Waals surface area contributed by atoms with Gasteiger partial charge in [0, 0.05) is 9.86 Å². The molecule has 0 spiro atoms. The second kappa shape index (κ2) is 8.50. The van der Waals surface area contributed by atoms with E-state index in [4.69, 9.17) is 9.15 Å². The zero-order valence-corrected chi connectivity index (χ0v) is 15.9. The molecule has 8 heteroatoms. The van der Waals surface area contributed by atoms with Crippen LogP contribution >= 0.6 is 15.9 Å². The van der Waals surface area contributed by atoms with E-state index in [9.17, 15) is 9.59 Å². The molecule has 0 atom stereocenters. The molecule has 7 nitrogen and oxygen atoms in total. The molecule has 0 aliphatic rings. The number of halogens is 1. The van der Waals surface area contributed by atoms with Crippen molar-refractivity contribution in [3.63, 3.8) is 0 Å². The molecular weight excluding hydrogens is 416 g/mol. The molecule has 0 aliphatic carbocycles. The number of furan rings is 1. The average Bonchev–Trinajstić information content (AvgIpc) is 3.10. The lowest BCUT2D eigenvalue weighted by Gasteiger charge is -2.04. The van der Waals surface area contributed by atoms with Gasteiger partial charge in [0.1, 0.15) is 11.3 Å². The Kier molecular flexibility index (Phi) is 5.87. The van der Waals surface area contributed by atoms with E-state index >= 15 is 0 Å². The van der Waals surface area contributed by atoms with Crippen molar-refractivity contribution >= 4 is 45.0 Å². The van der Waals surface area contributed by atoms with Gasteiger partial charge in [-0.15, -0.1) is 0 Å². The summed E-state index contributed by atoms with van der Waals surface area (Å²) in [6, 6.07) is 14.0. The molecule has 138 valence electrons. The van der Waals surface area contributed by atoms with E-state index in [-0.39, 0.29) is 12.4 Å². The van der Waals surface area contributed by atoms with Gasteiger partial charge < -0.3 is 13.9 Å². The van der Waals surface area contributed by atoms with Crippen LogP contribution in [0.1, 0.15) is 16.1 Å². The van der Waals surface area contributed by atoms with Crippen LogP contribution in [0.5, 0.6) is 5.75 Å². The number of rotatable bonds is 6. The number of esters is 1. The summed E-state index contributed by atoms with van der Waals surface area (Å²) in [4.78, 5) is 23.2. The molecule has 1 aromatic heterocycles. The van der Waals surface area contributed by atoms with Crippen molar-refractivity contribution < 1.29 is 23.5 Å². The summed E-state index contributed by atoms with van der Waals surface area (Å²) in [6.07, 6.45) is 1.49. The van der Waals surface area contributed by atoms with Crippen molar-refractivity contribution in [1.82, 2.24) is 5.43 Å². The van der Waals surface area contributed by atoms with E-state index < -0.39 is 11.9 Å². The summed E-state index contributed by atoms with van der Waals surface area (Å²) in [5, 5.41) is 4.73. The monoisotopic (exact) mass is 430 g/mol. The van der Waals surface area contributed by atoms with Crippen LogP contribution < -0.4 is 10.2 Å². The number of methoxy groups -OCH3 is 1. The van der Waals surface area contributed by atoms with Crippen LogP contribution in [0.25, 0.3) is 11.0 Å². The molecule has 0 aliphatic heterocycles. The number of hydrogen-bond acceptors (Lipinski definition) is 6. The number of nitrogens with zero attached hydrogens (tertiary/aromatic N) is 1. The molecule has 0 unspecified atom stereocenters. The summed E-state index contributed by atoms with van der Waals surface area (Å²) < 4.78 is 16.1. The van der Waals surface area contributed by atoms with Crippen LogP contribution in [0.15, 0.2) is 62.5 Å². The third kappa shape index (κ3) is 4.95. The zero-order valence-electron chi connectivity index (χ0n) is 14.3. The number of nitrogens with one attached hydrogen (secondary N) is 1. The standard InChI is InChI=1S/C19H15BrN2O5/c1-25-18(23)11-26-15-5-2-12(3-6-15)10-21-22-19(24)17-9-13-8-14(20)4-7-16(13)27-17/h2-10H,11H2,1H3,(H,22,24)/b21-10+. The van der Waals surface area contributed by atoms with Gasteiger partial charge in [0.25, 0.3) is 0 Å². The normalized spacial score (nSPS) is 10.9. The van der Waals surface area contributed by atoms with Crippen molar-refractivity contribution in [1.29, 1.82) is 0 Å². The predicted octanol–water partition coefficient (Wildman–Crippen LogP) is 3.51. The number of ether oxygens (including phenoxy) is 2. The van der Waals surface area contributed by atoms with Crippen LogP contribution in [0, 0.1) is 0 Å². The van der Waals surface area contributed by atoms with E-state index in [1.165, 1.54) is 13.3 Å². The number of carbonyl (C=O) groups is 2. The van der Waals surface area contributed by atoms with Gasteiger partial charge in [-0.25, -0.2) is 10.2 Å². The maximum Gasteiger partial charge on any atom is 0.343 e. The Balaban J connectivity index is 1.57. The highest BCUT2D eigenvalue weighted by Gasteiger charge is 2.11. The molecule has 0 saturated carbocycles. The molecule has 27 heavy (non-hydrogen) atoms. The van der Waals surface area contributed by atoms with E-state index in [0.29, 0.717) is 11.3 Å². The van der Waals surface area contributed by atoms with E-state index in [0.717, 1.165) is 15.4 Å². The molecule has 2 aromatic carbocycles. The quantitative estimate of drug-likeness (QED) is 0.367. The number of hydrogen-bond donors (Lipinski definition) is 1. The highest BCUT2D eigenvalue weighted by molar-refractivity contribution is 9.10. The minimum atomic E-state index is -0.457. The van der Waals surface area contributed by atoms with Crippen molar-refractivity contribution in [2.45, 2.75) is 0 Å². The molecule has 3 rings (SSSR count). The van der Waals surface area contributed by atoms with Gasteiger partial charge in [0.05, 0.1) is 13.3 Å². The highest BCUT2D eigenvalue weighted by atomic mass is 79.9. The number of hydrazone groups is 1. The lowest BCUT2D eigenvalue weighted by molar-refractivity contribution is -0.142. The van der Waals surface area contributed by atoms with E-state index in [1.54, 1.807) is 36.4 Å². The predicted molar refractivity (Wildman–Crippen MR) is 103 cm³/mol. The largest absolute Gasteiger partial charge is 0.482 e. The molecule has 3 aromatic rings. The van der Waals surface area contributed by atoms with Crippen LogP contribution in [-0.4, -0.2) is 31.8 Å². The summed E-state index contributed by atoms with van der Waals surface area (Å²) in [6.45, 7) is -0.159. The molecule has 0 bridgehead atoms. The van der Waals surface area contributed by atoms with Crippen LogP contribution in [0.2, 0.25) is 0 Å². The second-order valence-electron chi connectivity index (χ2n) is 5.43. The molecule has 0 radical (unpaired) electrons. The van der Waals surface area contributed by atoms with Crippen LogP contribution in [0.3, 0.4) is 0 Å². The second-order valence-corrected chi connectivity index (χ2v) is 6.34. The molecule has 0 fully saturated rings. The van der Waals surface area contributed by atoms with Gasteiger partial charge in [-0.3, -0.25) is 4.79 Å². The van der Waals surface area contributed by atoms with E-state index in [1.807, 2.05) is 12.1 Å². The first-order chi connectivity index (χ1) is 13.0. The Hall–Kier alpha value is -3.13. The summed E-state index contributed by atoms with van der Waals surface area (Å²) in [7, 11) is 1.30. The summed E-state index contributed by atoms with van der Waals surface area (Å²) in [5.41, 5.74) is 3.78. The Bertz CT molecular complexity index is 995. The van der Waals surface area contributed by atoms with Gasteiger partial charge in [0.15, 0.2) is 12.4 Å². The molecule has 1 amide bonds. The number of benzene rings is 2. The van der Waals surface area contributed by atoms with Crippen LogP contribution in [0.4, 0.5) is 0 Å². The molecular formula is C19H15BrN2O5. The number of amides is 1. The third-order valence-electron chi connectivity index (χ3n) is 3.55. The van der Waals surface area contributed by atoms with Gasteiger partial charge in [-0.05, 0) is 54.1 Å². The lowest BCUT2D eigenvalue weighted by atomic mass is 10.2. The van der Waals surface area contributed by atoms with Crippen molar-refractivity contribution in [3.05, 3.63) is 64.3 Å². The van der Waals surface area contributed by atoms with Crippen molar-refractivity contribution in [3.8, 4) is 5.75 Å². The van der Waals surface area contributed by atoms with Crippen LogP contribution in [-0.2, 0) is 9.53 Å². The lowest BCUT2D eigenvalue weighted by Crippen LogP contribution is -2.16. The van der Waals surface area contributed by atoms with Gasteiger partial charge in [-0.1, -0.05) is 15.9 Å². The first kappa shape index (κ1) is 18.7. The Morgan fingerprint density at radius 1 is 1.19 bits per heavy atom. The Labute approximate surface area is 163 Å². The fourth-order valence-electron chi connectivity index (χ4n) is 2.20. The summed E-state index contributed by atoms with van der Waals surface area (Å²) >= 11 is 3.37. The van der Waals surface area contributed by atoms with Gasteiger partial charge in [0.2, 0.25) is 0 Å². The average molecular weight is 431 g/mol. The number of fused-ring (bicyclic) bond motifs is 1. The topological polar surface area (TPSA) is 90.1 Å². The fraction of sp³-hybridized carbons (Fsp3) is 0.105. The fourth-order valence-corrected chi connectivity index (χ4v) is 2.58. The van der Waals surface area contributed by atoms with Gasteiger partial charge >= 0.3 is 11.9 Å². The van der Waals surface area contributed by atoms with Crippen molar-refractivity contribution in [2.24, 2.45) is 5.10 Å². The minimum Gasteiger partial charge on any atom is -0.482 e. The minimum absolute atomic E-state index is 0.159. The molecule has 1 heterocycles. The SMILES string of the molecule is COC(=O)COc1ccc(/C=N/NC(=O)c2cc3cc(Br)ccc3o2)cc1. The van der Waals surface area contributed by atoms with Gasteiger partial charge in [-0.2, -0.15) is 5.10 Å². The van der Waals surface area contributed by atoms with Crippen molar-refractivity contribution in [2.75, 3.05) is 13.7 Å². The Morgan fingerprint density at radius 2 is 1.96 bits per heavy atom. The van der Waals surface area contributed by atoms with E-state index in [2.05, 4.69) is 31.2 Å². The first-order valence-corrected chi connectivity index (χ1v) is 8.66. The summed E-state index contributed by atoms with van der Waals surface area (Å²) in [5.74, 6) is -0.209. The maximum atomic E-state index is 12.1. The highest BCUT2D eigenvalue weighted by Crippen LogP contribution is 2.23. The third-order valence-corrected chi connectivity index (χ3v) is 4.04. The molecule has 0 saturated heterocycles. The first-order valence-electron chi connectivity index (χ1n) is 7.87. The smallest absolute Gasteiger partial charge is 0.343 e.